The van der Waals surface area contributed by atoms with Gasteiger partial charge in [-0.3, -0.25) is 0 Å². The van der Waals surface area contributed by atoms with Crippen molar-refractivity contribution >= 4 is 12.4 Å². The van der Waals surface area contributed by atoms with Crippen LogP contribution in [0.1, 0.15) is 34.6 Å². The Hall–Kier alpha value is -1.64. The average molecular weight is 219 g/mol. The fourth-order valence-corrected chi connectivity index (χ4v) is 1.86. The van der Waals surface area contributed by atoms with Crippen molar-refractivity contribution in [3.05, 3.63) is 35.7 Å². The first kappa shape index (κ1) is 12.4. The van der Waals surface area contributed by atoms with Crippen molar-refractivity contribution in [2.45, 2.75) is 34.6 Å². The van der Waals surface area contributed by atoms with Gasteiger partial charge in [0.1, 0.15) is 12.4 Å². The molecule has 0 bridgehead atoms. The molecule has 0 atom stereocenters. The Kier molecular flexibility index (Phi) is 4.23. The SMILES string of the molecule is CC=C1NC(=CC)[N+](=CC)C(=CC)[N+]1=CC. The third-order valence-corrected chi connectivity index (χ3v) is 2.59. The lowest BCUT2D eigenvalue weighted by Crippen LogP contribution is -2.39. The molecule has 1 fully saturated rings. The molecule has 3 heteroatoms. The molecule has 0 aliphatic carbocycles. The van der Waals surface area contributed by atoms with Gasteiger partial charge in [0.25, 0.3) is 0 Å². The van der Waals surface area contributed by atoms with Crippen LogP contribution in [0.3, 0.4) is 0 Å². The van der Waals surface area contributed by atoms with Crippen LogP contribution in [-0.4, -0.2) is 21.6 Å². The van der Waals surface area contributed by atoms with Crippen LogP contribution in [0.5, 0.6) is 0 Å². The summed E-state index contributed by atoms with van der Waals surface area (Å²) in [6, 6.07) is 0. The number of hydrogen-bond acceptors (Lipinski definition) is 1. The fourth-order valence-electron chi connectivity index (χ4n) is 1.86. The normalized spacial score (nSPS) is 26.7. The molecule has 86 valence electrons. The molecular formula is C13H21N3+2. The lowest BCUT2D eigenvalue weighted by atomic mass is 10.3. The smallest absolute Gasteiger partial charge is 0.167 e. The van der Waals surface area contributed by atoms with E-state index in [1.165, 1.54) is 0 Å². The van der Waals surface area contributed by atoms with Crippen molar-refractivity contribution < 1.29 is 9.15 Å². The second-order valence-electron chi connectivity index (χ2n) is 3.38. The lowest BCUT2D eigenvalue weighted by Gasteiger charge is -2.15. The predicted molar refractivity (Wildman–Crippen MR) is 68.4 cm³/mol. The Morgan fingerprint density at radius 1 is 0.750 bits per heavy atom. The van der Waals surface area contributed by atoms with Gasteiger partial charge in [-0.15, -0.1) is 9.15 Å². The highest BCUT2D eigenvalue weighted by Gasteiger charge is 2.36. The monoisotopic (exact) mass is 219 g/mol. The summed E-state index contributed by atoms with van der Waals surface area (Å²) >= 11 is 0. The Bertz CT molecular complexity index is 384. The highest BCUT2D eigenvalue weighted by Crippen LogP contribution is 2.16. The van der Waals surface area contributed by atoms with E-state index in [1.807, 2.05) is 34.6 Å². The number of nitrogens with zero attached hydrogens (tertiary/aromatic N) is 2. The number of nitrogens with one attached hydrogen (secondary N) is 1. The van der Waals surface area contributed by atoms with E-state index in [0.29, 0.717) is 0 Å². The van der Waals surface area contributed by atoms with Gasteiger partial charge in [0, 0.05) is 18.2 Å². The van der Waals surface area contributed by atoms with E-state index in [0.717, 1.165) is 17.5 Å². The molecule has 0 aromatic heterocycles. The lowest BCUT2D eigenvalue weighted by molar-refractivity contribution is -0.633. The van der Waals surface area contributed by atoms with Gasteiger partial charge in [0.15, 0.2) is 0 Å². The highest BCUT2D eigenvalue weighted by atomic mass is 15.4. The summed E-state index contributed by atoms with van der Waals surface area (Å²) in [5.41, 5.74) is 0. The number of allylic oxidation sites excluding steroid dienone is 3. The van der Waals surface area contributed by atoms with Gasteiger partial charge >= 0.3 is 17.5 Å². The zero-order valence-corrected chi connectivity index (χ0v) is 10.8. The predicted octanol–water partition coefficient (Wildman–Crippen LogP) is 2.38. The molecule has 3 nitrogen and oxygen atoms in total. The molecule has 1 heterocycles. The van der Waals surface area contributed by atoms with Gasteiger partial charge in [-0.25, -0.2) is 0 Å². The molecule has 1 aliphatic heterocycles. The summed E-state index contributed by atoms with van der Waals surface area (Å²) in [6.45, 7) is 10.2. The Balaban J connectivity index is 3.39. The maximum atomic E-state index is 3.39. The summed E-state index contributed by atoms with van der Waals surface area (Å²) in [4.78, 5) is 0. The minimum Gasteiger partial charge on any atom is -0.167 e. The molecule has 0 spiro atoms. The molecule has 0 aromatic rings. The minimum atomic E-state index is 1.08. The van der Waals surface area contributed by atoms with Crippen molar-refractivity contribution in [1.82, 2.24) is 5.32 Å². The van der Waals surface area contributed by atoms with Gasteiger partial charge in [-0.05, 0) is 34.6 Å². The fraction of sp³-hybridized carbons (Fsp3) is 0.385. The molecule has 0 saturated carbocycles. The summed E-state index contributed by atoms with van der Waals surface area (Å²) in [5.74, 6) is 3.31. The third-order valence-electron chi connectivity index (χ3n) is 2.59. The van der Waals surface area contributed by atoms with Gasteiger partial charge < -0.3 is 0 Å². The second kappa shape index (κ2) is 5.45. The molecule has 1 N–H and O–H groups in total. The summed E-state index contributed by atoms with van der Waals surface area (Å²) < 4.78 is 4.26. The first-order valence-electron chi connectivity index (χ1n) is 5.66. The number of hydrogen-bond donors (Lipinski definition) is 1. The van der Waals surface area contributed by atoms with Gasteiger partial charge in [0.05, 0.1) is 0 Å². The van der Waals surface area contributed by atoms with Crippen LogP contribution in [0.2, 0.25) is 0 Å². The largest absolute Gasteiger partial charge is 0.349 e. The van der Waals surface area contributed by atoms with Gasteiger partial charge in [-0.1, -0.05) is 0 Å². The average Bonchev–Trinajstić information content (AvgIpc) is 2.35. The van der Waals surface area contributed by atoms with Crippen molar-refractivity contribution in [1.29, 1.82) is 0 Å². The first-order valence-corrected chi connectivity index (χ1v) is 5.66. The van der Waals surface area contributed by atoms with Crippen molar-refractivity contribution in [3.8, 4) is 0 Å². The molecule has 0 aromatic carbocycles. The molecule has 1 aliphatic rings. The van der Waals surface area contributed by atoms with E-state index in [2.05, 4.69) is 45.1 Å². The van der Waals surface area contributed by atoms with Crippen LogP contribution in [-0.2, 0) is 0 Å². The minimum absolute atomic E-state index is 1.08. The van der Waals surface area contributed by atoms with Crippen molar-refractivity contribution in [2.24, 2.45) is 0 Å². The molecule has 0 radical (unpaired) electrons. The third kappa shape index (κ3) is 1.98. The molecule has 0 amide bonds. The van der Waals surface area contributed by atoms with Gasteiger partial charge in [-0.2, -0.15) is 5.32 Å². The zero-order valence-electron chi connectivity index (χ0n) is 10.8. The maximum absolute atomic E-state index is 3.39. The van der Waals surface area contributed by atoms with Gasteiger partial charge in [0.2, 0.25) is 0 Å². The topological polar surface area (TPSA) is 18.0 Å². The Labute approximate surface area is 97.8 Å². The molecular weight excluding hydrogens is 198 g/mol. The molecule has 0 unspecified atom stereocenters. The van der Waals surface area contributed by atoms with Crippen LogP contribution >= 0.6 is 0 Å². The maximum Gasteiger partial charge on any atom is 0.349 e. The summed E-state index contributed by atoms with van der Waals surface area (Å²) in [6.07, 6.45) is 10.4. The van der Waals surface area contributed by atoms with Crippen LogP contribution in [0.4, 0.5) is 0 Å². The van der Waals surface area contributed by atoms with Crippen LogP contribution < -0.4 is 5.32 Å². The van der Waals surface area contributed by atoms with E-state index >= 15 is 0 Å². The van der Waals surface area contributed by atoms with E-state index < -0.39 is 0 Å². The van der Waals surface area contributed by atoms with Crippen LogP contribution in [0, 0.1) is 0 Å². The van der Waals surface area contributed by atoms with E-state index in [-0.39, 0.29) is 0 Å². The summed E-state index contributed by atoms with van der Waals surface area (Å²) in [7, 11) is 0. The van der Waals surface area contributed by atoms with Crippen LogP contribution in [0.25, 0.3) is 0 Å². The number of rotatable bonds is 0. The second-order valence-corrected chi connectivity index (χ2v) is 3.38. The van der Waals surface area contributed by atoms with E-state index in [4.69, 9.17) is 0 Å². The van der Waals surface area contributed by atoms with E-state index in [1.54, 1.807) is 0 Å². The Morgan fingerprint density at radius 2 is 1.19 bits per heavy atom. The summed E-state index contributed by atoms with van der Waals surface area (Å²) in [5, 5.41) is 3.39. The molecule has 16 heavy (non-hydrogen) atoms. The Morgan fingerprint density at radius 3 is 1.44 bits per heavy atom. The van der Waals surface area contributed by atoms with Crippen molar-refractivity contribution in [2.75, 3.05) is 0 Å². The molecule has 1 saturated heterocycles. The zero-order chi connectivity index (χ0) is 12.1. The van der Waals surface area contributed by atoms with E-state index in [9.17, 15) is 0 Å². The molecule has 1 rings (SSSR count). The highest BCUT2D eigenvalue weighted by molar-refractivity contribution is 5.51. The van der Waals surface area contributed by atoms with Crippen LogP contribution in [0.15, 0.2) is 35.7 Å². The first-order chi connectivity index (χ1) is 7.73. The standard InChI is InChI=1S/C13H21N3/c1-6-11-14-12(7-2)16(10-5)13(8-3)15(11)9-4/h6-10,14H,1-5H3/q+2. The quantitative estimate of drug-likeness (QED) is 0.619. The van der Waals surface area contributed by atoms with Crippen molar-refractivity contribution in [3.63, 3.8) is 0 Å².